The van der Waals surface area contributed by atoms with Gasteiger partial charge in [-0.05, 0) is 84.5 Å². The third-order valence-corrected chi connectivity index (χ3v) is 10.8. The van der Waals surface area contributed by atoms with Gasteiger partial charge in [-0.1, -0.05) is 194 Å². The van der Waals surface area contributed by atoms with Crippen LogP contribution in [0.2, 0.25) is 0 Å². The van der Waals surface area contributed by atoms with Gasteiger partial charge in [0.15, 0.2) is 0 Å². The van der Waals surface area contributed by atoms with Gasteiger partial charge in [0.1, 0.15) is 11.4 Å². The highest BCUT2D eigenvalue weighted by molar-refractivity contribution is 6.10. The molecule has 0 fully saturated rings. The van der Waals surface area contributed by atoms with Crippen molar-refractivity contribution in [3.8, 4) is 89.3 Å². The van der Waals surface area contributed by atoms with Crippen LogP contribution in [0.15, 0.2) is 200 Å². The molecule has 1 aromatic heterocycles. The predicted molar refractivity (Wildman–Crippen MR) is 226 cm³/mol. The van der Waals surface area contributed by atoms with Crippen molar-refractivity contribution in [3.63, 3.8) is 0 Å². The number of fused-ring (bicyclic) bond motifs is 3. The average molecular weight is 702 g/mol. The monoisotopic (exact) mass is 701 g/mol. The summed E-state index contributed by atoms with van der Waals surface area (Å²) in [6, 6.07) is 71.3. The summed E-state index contributed by atoms with van der Waals surface area (Å²) in [6.45, 7) is 0. The first kappa shape index (κ1) is 32.4. The maximum Gasteiger partial charge on any atom is 0.106 e. The molecule has 0 saturated heterocycles. The van der Waals surface area contributed by atoms with Gasteiger partial charge in [0, 0.05) is 22.3 Å². The van der Waals surface area contributed by atoms with Crippen molar-refractivity contribution in [3.05, 3.63) is 211 Å². The van der Waals surface area contributed by atoms with Gasteiger partial charge in [-0.2, -0.15) is 0 Å². The Bertz CT molecular complexity index is 2800. The van der Waals surface area contributed by atoms with Crippen molar-refractivity contribution in [2.45, 2.75) is 6.42 Å². The summed E-state index contributed by atoms with van der Waals surface area (Å²) in [5.41, 5.74) is 19.9. The van der Waals surface area contributed by atoms with Gasteiger partial charge in [-0.3, -0.25) is 0 Å². The molecule has 0 amide bonds. The van der Waals surface area contributed by atoms with Crippen LogP contribution in [-0.4, -0.2) is 15.4 Å². The molecule has 0 bridgehead atoms. The summed E-state index contributed by atoms with van der Waals surface area (Å²) in [5.74, 6) is 0. The number of benzene rings is 8. The lowest BCUT2D eigenvalue weighted by Gasteiger charge is -2.26. The maximum absolute atomic E-state index is 5.09. The fourth-order valence-corrected chi connectivity index (χ4v) is 8.36. The first-order valence-electron chi connectivity index (χ1n) is 18.8. The van der Waals surface area contributed by atoms with Gasteiger partial charge in [0.25, 0.3) is 0 Å². The van der Waals surface area contributed by atoms with Gasteiger partial charge in [0.2, 0.25) is 0 Å². The molecule has 0 aliphatic heterocycles. The molecule has 0 N–H and O–H groups in total. The van der Waals surface area contributed by atoms with Crippen LogP contribution in [0, 0.1) is 0 Å². The van der Waals surface area contributed by atoms with Crippen LogP contribution in [0.3, 0.4) is 0 Å². The van der Waals surface area contributed by atoms with E-state index in [0.29, 0.717) is 0 Å². The van der Waals surface area contributed by atoms with Gasteiger partial charge in [0.05, 0.1) is 0 Å². The Hall–Kier alpha value is -7.23. The fourth-order valence-electron chi connectivity index (χ4n) is 8.36. The third kappa shape index (κ3) is 5.74. The Labute approximate surface area is 321 Å². The molecular weight excluding hydrogens is 667 g/mol. The summed E-state index contributed by atoms with van der Waals surface area (Å²) < 4.78 is 0. The summed E-state index contributed by atoms with van der Waals surface area (Å²) in [6.07, 6.45) is 0.842. The molecule has 0 radical (unpaired) electrons. The molecule has 0 saturated carbocycles. The Kier molecular flexibility index (Phi) is 8.23. The molecule has 10 rings (SSSR count). The molecule has 1 aliphatic rings. The van der Waals surface area contributed by atoms with Crippen LogP contribution in [0.5, 0.6) is 0 Å². The van der Waals surface area contributed by atoms with E-state index in [4.69, 9.17) is 10.2 Å². The molecule has 9 aromatic rings. The van der Waals surface area contributed by atoms with Crippen molar-refractivity contribution >= 4 is 0 Å². The van der Waals surface area contributed by atoms with Crippen molar-refractivity contribution in [2.24, 2.45) is 0 Å². The average Bonchev–Trinajstić information content (AvgIpc) is 3.66. The lowest BCUT2D eigenvalue weighted by atomic mass is 9.77. The Morgan fingerprint density at radius 1 is 0.291 bits per heavy atom. The number of rotatable bonds is 7. The van der Waals surface area contributed by atoms with Crippen LogP contribution >= 0.6 is 0 Å². The van der Waals surface area contributed by atoms with E-state index in [9.17, 15) is 0 Å². The zero-order valence-corrected chi connectivity index (χ0v) is 30.1. The second kappa shape index (κ2) is 14.0. The lowest BCUT2D eigenvalue weighted by molar-refractivity contribution is 0.879. The summed E-state index contributed by atoms with van der Waals surface area (Å²) in [7, 11) is 0. The molecule has 3 heteroatoms. The van der Waals surface area contributed by atoms with Gasteiger partial charge >= 0.3 is 0 Å². The molecule has 1 heterocycles. The lowest BCUT2D eigenvalue weighted by Crippen LogP contribution is -2.05. The highest BCUT2D eigenvalue weighted by atomic mass is 15.3. The number of aromatic nitrogens is 3. The zero-order chi connectivity index (χ0) is 36.6. The second-order valence-corrected chi connectivity index (χ2v) is 14.0. The number of hydrogen-bond acceptors (Lipinski definition) is 3. The highest BCUT2D eigenvalue weighted by Crippen LogP contribution is 2.54. The molecule has 1 aliphatic carbocycles. The van der Waals surface area contributed by atoms with Crippen LogP contribution in [0.1, 0.15) is 11.1 Å². The van der Waals surface area contributed by atoms with E-state index >= 15 is 0 Å². The van der Waals surface area contributed by atoms with Crippen LogP contribution in [0.4, 0.5) is 0 Å². The second-order valence-electron chi connectivity index (χ2n) is 14.0. The molecule has 3 nitrogen and oxygen atoms in total. The van der Waals surface area contributed by atoms with E-state index in [0.717, 1.165) is 79.0 Å². The van der Waals surface area contributed by atoms with E-state index in [-0.39, 0.29) is 0 Å². The van der Waals surface area contributed by atoms with E-state index in [1.54, 1.807) is 0 Å². The van der Waals surface area contributed by atoms with Crippen molar-refractivity contribution in [2.75, 3.05) is 0 Å². The molecule has 0 atom stereocenters. The number of hydrogen-bond donors (Lipinski definition) is 0. The largest absolute Gasteiger partial charge is 0.129 e. The van der Waals surface area contributed by atoms with E-state index < -0.39 is 0 Å². The molecule has 55 heavy (non-hydrogen) atoms. The van der Waals surface area contributed by atoms with E-state index in [1.165, 1.54) is 27.8 Å². The minimum Gasteiger partial charge on any atom is -0.129 e. The minimum absolute atomic E-state index is 0.791. The molecule has 258 valence electrons. The van der Waals surface area contributed by atoms with Crippen LogP contribution in [-0.2, 0) is 6.42 Å². The first-order valence-corrected chi connectivity index (χ1v) is 18.8. The summed E-state index contributed by atoms with van der Waals surface area (Å²) >= 11 is 0. The fraction of sp³-hybridized carbons (Fsp3) is 0.0192. The topological polar surface area (TPSA) is 38.7 Å². The van der Waals surface area contributed by atoms with Crippen LogP contribution in [0.25, 0.3) is 89.3 Å². The highest BCUT2D eigenvalue weighted by Gasteiger charge is 2.31. The van der Waals surface area contributed by atoms with Crippen molar-refractivity contribution < 1.29 is 0 Å². The predicted octanol–water partition coefficient (Wildman–Crippen LogP) is 13.1. The van der Waals surface area contributed by atoms with E-state index in [2.05, 4.69) is 199 Å². The normalized spacial score (nSPS) is 11.6. The number of nitrogens with zero attached hydrogens (tertiary/aromatic N) is 3. The summed E-state index contributed by atoms with van der Waals surface area (Å²) in [4.78, 5) is 0. The Morgan fingerprint density at radius 3 is 1.36 bits per heavy atom. The quantitative estimate of drug-likeness (QED) is 0.166. The van der Waals surface area contributed by atoms with Crippen molar-refractivity contribution in [1.29, 1.82) is 0 Å². The SMILES string of the molecule is c1ccc(-c2cc(-c3ccccc3)c(-c3nnnc(-c4ccccc4)c3-c3ccccc3)c(-c3cccc4c3Cc3ccccc3-4)c2-c2ccccc2)cc1. The summed E-state index contributed by atoms with van der Waals surface area (Å²) in [5, 5.41) is 14.5. The van der Waals surface area contributed by atoms with E-state index in [1.807, 2.05) is 6.07 Å². The molecule has 0 spiro atoms. The standard InChI is InChI=1S/C52H35N3/c1-6-19-35(20-7-1)44-34-45(36-21-8-2-9-22-36)50(52-48(38-25-12-4-13-26-38)51(53-55-54-52)39-27-14-5-15-28-39)49(47(44)37-23-10-3-11-24-37)43-32-18-31-42-41-30-17-16-29-40(41)33-46(42)43/h1-32,34H,33H2. The zero-order valence-electron chi connectivity index (χ0n) is 30.1. The van der Waals surface area contributed by atoms with Crippen molar-refractivity contribution in [1.82, 2.24) is 15.4 Å². The Balaban J connectivity index is 1.44. The van der Waals surface area contributed by atoms with Crippen LogP contribution < -0.4 is 0 Å². The van der Waals surface area contributed by atoms with Gasteiger partial charge < -0.3 is 0 Å². The van der Waals surface area contributed by atoms with Gasteiger partial charge in [-0.25, -0.2) is 0 Å². The third-order valence-electron chi connectivity index (χ3n) is 10.8. The molecule has 8 aromatic carbocycles. The Morgan fingerprint density at radius 2 is 0.745 bits per heavy atom. The smallest absolute Gasteiger partial charge is 0.106 e. The molecular formula is C52H35N3. The van der Waals surface area contributed by atoms with Gasteiger partial charge in [-0.15, -0.1) is 10.2 Å². The molecule has 0 unspecified atom stereocenters. The minimum atomic E-state index is 0.791. The first-order chi connectivity index (χ1) is 27.3. The maximum atomic E-state index is 5.09.